The van der Waals surface area contributed by atoms with E-state index in [2.05, 4.69) is 19.1 Å². The predicted molar refractivity (Wildman–Crippen MR) is 52.3 cm³/mol. The second-order valence-corrected chi connectivity index (χ2v) is 3.50. The Labute approximate surface area is 75.8 Å². The van der Waals surface area contributed by atoms with Gasteiger partial charge in [0, 0.05) is 6.61 Å². The van der Waals surface area contributed by atoms with E-state index >= 15 is 0 Å². The summed E-state index contributed by atoms with van der Waals surface area (Å²) in [4.78, 5) is 0. The Kier molecular flexibility index (Phi) is 5.09. The molecule has 0 aromatic carbocycles. The molecule has 1 heteroatoms. The van der Waals surface area contributed by atoms with Crippen molar-refractivity contribution >= 4 is 0 Å². The van der Waals surface area contributed by atoms with Crippen LogP contribution >= 0.6 is 0 Å². The van der Waals surface area contributed by atoms with Crippen molar-refractivity contribution in [3.63, 3.8) is 0 Å². The summed E-state index contributed by atoms with van der Waals surface area (Å²) in [6, 6.07) is 0. The molecule has 0 N–H and O–H groups in total. The Hall–Kier alpha value is -0.300. The van der Waals surface area contributed by atoms with E-state index in [0.717, 1.165) is 19.4 Å². The van der Waals surface area contributed by atoms with Crippen molar-refractivity contribution < 1.29 is 4.74 Å². The molecule has 1 rings (SSSR count). The first kappa shape index (κ1) is 9.79. The first-order valence-electron chi connectivity index (χ1n) is 5.20. The summed E-state index contributed by atoms with van der Waals surface area (Å²) < 4.78 is 5.69. The highest BCUT2D eigenvalue weighted by molar-refractivity contribution is 4.94. The van der Waals surface area contributed by atoms with Crippen molar-refractivity contribution in [3.8, 4) is 0 Å². The molecule has 70 valence electrons. The second-order valence-electron chi connectivity index (χ2n) is 3.50. The van der Waals surface area contributed by atoms with Gasteiger partial charge < -0.3 is 4.74 Å². The van der Waals surface area contributed by atoms with Crippen LogP contribution in [0.5, 0.6) is 0 Å². The molecule has 0 aromatic heterocycles. The fourth-order valence-corrected chi connectivity index (χ4v) is 1.51. The molecule has 1 aliphatic carbocycles. The summed E-state index contributed by atoms with van der Waals surface area (Å²) in [7, 11) is 0. The highest BCUT2D eigenvalue weighted by atomic mass is 16.5. The molecule has 1 aliphatic rings. The number of unbranched alkanes of at least 4 members (excludes halogenated alkanes) is 3. The van der Waals surface area contributed by atoms with Gasteiger partial charge in [-0.2, -0.15) is 0 Å². The van der Waals surface area contributed by atoms with Crippen LogP contribution in [0.4, 0.5) is 0 Å². The van der Waals surface area contributed by atoms with Gasteiger partial charge >= 0.3 is 0 Å². The van der Waals surface area contributed by atoms with Crippen molar-refractivity contribution in [2.75, 3.05) is 6.61 Å². The van der Waals surface area contributed by atoms with Crippen LogP contribution in [0.1, 0.15) is 45.4 Å². The number of ether oxygens (including phenoxy) is 1. The van der Waals surface area contributed by atoms with Crippen LogP contribution in [0.25, 0.3) is 0 Å². The van der Waals surface area contributed by atoms with Crippen molar-refractivity contribution in [1.29, 1.82) is 0 Å². The predicted octanol–water partition coefficient (Wildman–Crippen LogP) is 3.30. The van der Waals surface area contributed by atoms with Gasteiger partial charge in [0.15, 0.2) is 0 Å². The van der Waals surface area contributed by atoms with Gasteiger partial charge in [0.1, 0.15) is 0 Å². The van der Waals surface area contributed by atoms with E-state index in [9.17, 15) is 0 Å². The van der Waals surface area contributed by atoms with Crippen molar-refractivity contribution in [2.45, 2.75) is 51.6 Å². The quantitative estimate of drug-likeness (QED) is 0.437. The lowest BCUT2D eigenvalue weighted by molar-refractivity contribution is 0.0596. The van der Waals surface area contributed by atoms with E-state index in [1.807, 2.05) is 0 Å². The molecule has 12 heavy (non-hydrogen) atoms. The lowest BCUT2D eigenvalue weighted by atomic mass is 10.2. The molecule has 0 saturated carbocycles. The monoisotopic (exact) mass is 168 g/mol. The normalized spacial score (nSPS) is 17.4. The first-order valence-corrected chi connectivity index (χ1v) is 5.20. The summed E-state index contributed by atoms with van der Waals surface area (Å²) in [5.74, 6) is 0. The van der Waals surface area contributed by atoms with Gasteiger partial charge in [0.25, 0.3) is 0 Å². The van der Waals surface area contributed by atoms with Gasteiger partial charge in [-0.3, -0.25) is 0 Å². The van der Waals surface area contributed by atoms with Gasteiger partial charge in [-0.25, -0.2) is 0 Å². The minimum absolute atomic E-state index is 0.506. The van der Waals surface area contributed by atoms with Crippen LogP contribution in [-0.2, 0) is 4.74 Å². The van der Waals surface area contributed by atoms with E-state index in [1.165, 1.54) is 25.7 Å². The molecule has 0 atom stereocenters. The van der Waals surface area contributed by atoms with Gasteiger partial charge in [0.05, 0.1) is 6.10 Å². The van der Waals surface area contributed by atoms with Crippen LogP contribution in [0.2, 0.25) is 0 Å². The van der Waals surface area contributed by atoms with E-state index in [1.54, 1.807) is 0 Å². The minimum Gasteiger partial charge on any atom is -0.378 e. The highest BCUT2D eigenvalue weighted by Crippen LogP contribution is 2.13. The van der Waals surface area contributed by atoms with Gasteiger partial charge in [0.2, 0.25) is 0 Å². The SMILES string of the molecule is CCCCCCOC1CC=CC1. The Morgan fingerprint density at radius 3 is 2.58 bits per heavy atom. The topological polar surface area (TPSA) is 9.23 Å². The third-order valence-electron chi connectivity index (χ3n) is 2.32. The largest absolute Gasteiger partial charge is 0.378 e. The molecular formula is C11H20O. The number of hydrogen-bond donors (Lipinski definition) is 0. The molecule has 0 unspecified atom stereocenters. The summed E-state index contributed by atoms with van der Waals surface area (Å²) in [6.45, 7) is 3.20. The van der Waals surface area contributed by atoms with Crippen molar-refractivity contribution in [3.05, 3.63) is 12.2 Å². The van der Waals surface area contributed by atoms with Crippen molar-refractivity contribution in [2.24, 2.45) is 0 Å². The average molecular weight is 168 g/mol. The number of rotatable bonds is 6. The van der Waals surface area contributed by atoms with Gasteiger partial charge in [-0.05, 0) is 19.3 Å². The molecule has 0 fully saturated rings. The van der Waals surface area contributed by atoms with Crippen LogP contribution in [-0.4, -0.2) is 12.7 Å². The fraction of sp³-hybridized carbons (Fsp3) is 0.818. The standard InChI is InChI=1S/C11H20O/c1-2-3-4-7-10-12-11-8-5-6-9-11/h5-6,11H,2-4,7-10H2,1H3. The van der Waals surface area contributed by atoms with Crippen LogP contribution in [0.15, 0.2) is 12.2 Å². The van der Waals surface area contributed by atoms with E-state index in [0.29, 0.717) is 6.10 Å². The molecule has 0 aromatic rings. The Morgan fingerprint density at radius 2 is 1.92 bits per heavy atom. The highest BCUT2D eigenvalue weighted by Gasteiger charge is 2.08. The van der Waals surface area contributed by atoms with E-state index in [-0.39, 0.29) is 0 Å². The average Bonchev–Trinajstić information content (AvgIpc) is 2.57. The zero-order valence-corrected chi connectivity index (χ0v) is 8.09. The summed E-state index contributed by atoms with van der Waals surface area (Å²) in [5, 5.41) is 0. The molecule has 0 radical (unpaired) electrons. The molecule has 1 nitrogen and oxygen atoms in total. The zero-order valence-electron chi connectivity index (χ0n) is 8.09. The minimum atomic E-state index is 0.506. The lowest BCUT2D eigenvalue weighted by Gasteiger charge is -2.10. The fourth-order valence-electron chi connectivity index (χ4n) is 1.51. The summed E-state index contributed by atoms with van der Waals surface area (Å²) in [6.07, 6.45) is 12.4. The smallest absolute Gasteiger partial charge is 0.0643 e. The molecule has 0 aliphatic heterocycles. The maximum atomic E-state index is 5.69. The van der Waals surface area contributed by atoms with Crippen LogP contribution in [0.3, 0.4) is 0 Å². The second kappa shape index (κ2) is 6.24. The first-order chi connectivity index (χ1) is 5.93. The van der Waals surface area contributed by atoms with Crippen molar-refractivity contribution in [1.82, 2.24) is 0 Å². The Bertz CT molecular complexity index is 121. The molecule has 0 spiro atoms. The van der Waals surface area contributed by atoms with Crippen LogP contribution in [0, 0.1) is 0 Å². The maximum Gasteiger partial charge on any atom is 0.0643 e. The molecule has 0 amide bonds. The van der Waals surface area contributed by atoms with Gasteiger partial charge in [-0.15, -0.1) is 0 Å². The van der Waals surface area contributed by atoms with Crippen LogP contribution < -0.4 is 0 Å². The molecule has 0 saturated heterocycles. The molecule has 0 bridgehead atoms. The Balaban J connectivity index is 1.82. The third kappa shape index (κ3) is 3.91. The summed E-state index contributed by atoms with van der Waals surface area (Å²) in [5.41, 5.74) is 0. The number of hydrogen-bond acceptors (Lipinski definition) is 1. The zero-order chi connectivity index (χ0) is 8.65. The van der Waals surface area contributed by atoms with Gasteiger partial charge in [-0.1, -0.05) is 38.3 Å². The van der Waals surface area contributed by atoms with E-state index in [4.69, 9.17) is 4.74 Å². The molecular weight excluding hydrogens is 148 g/mol. The third-order valence-corrected chi connectivity index (χ3v) is 2.32. The summed E-state index contributed by atoms with van der Waals surface area (Å²) >= 11 is 0. The molecule has 0 heterocycles. The maximum absolute atomic E-state index is 5.69. The lowest BCUT2D eigenvalue weighted by Crippen LogP contribution is -2.08. The Morgan fingerprint density at radius 1 is 1.17 bits per heavy atom. The van der Waals surface area contributed by atoms with E-state index < -0.39 is 0 Å².